The molecule has 0 bridgehead atoms. The van der Waals surface area contributed by atoms with Gasteiger partial charge in [0.15, 0.2) is 5.76 Å². The van der Waals surface area contributed by atoms with E-state index >= 15 is 0 Å². The standard InChI is InChI=1S/C18H15N5O/c1-10-3-6-16(24-10)17-14(8-20-18(19)23-17)12-4-5-15-13(7-12)11(2)21-9-22-15/h3-9H,1-2H3,(H2,19,20,23). The average molecular weight is 317 g/mol. The van der Waals surface area contributed by atoms with Gasteiger partial charge in [-0.05, 0) is 43.7 Å². The Morgan fingerprint density at radius 2 is 1.88 bits per heavy atom. The number of aryl methyl sites for hydroxylation is 2. The minimum atomic E-state index is 0.211. The summed E-state index contributed by atoms with van der Waals surface area (Å²) in [5.74, 6) is 1.69. The molecule has 0 amide bonds. The topological polar surface area (TPSA) is 90.7 Å². The van der Waals surface area contributed by atoms with E-state index in [-0.39, 0.29) is 5.95 Å². The first-order valence-corrected chi connectivity index (χ1v) is 7.53. The zero-order valence-corrected chi connectivity index (χ0v) is 13.3. The first kappa shape index (κ1) is 14.3. The van der Waals surface area contributed by atoms with Crippen molar-refractivity contribution in [1.82, 2.24) is 19.9 Å². The van der Waals surface area contributed by atoms with Crippen LogP contribution in [0.2, 0.25) is 0 Å². The van der Waals surface area contributed by atoms with Gasteiger partial charge >= 0.3 is 0 Å². The largest absolute Gasteiger partial charge is 0.460 e. The Morgan fingerprint density at radius 1 is 1.00 bits per heavy atom. The second-order valence-electron chi connectivity index (χ2n) is 5.59. The third kappa shape index (κ3) is 2.38. The maximum absolute atomic E-state index is 5.78. The molecule has 118 valence electrons. The summed E-state index contributed by atoms with van der Waals surface area (Å²) in [6, 6.07) is 9.78. The number of hydrogen-bond donors (Lipinski definition) is 1. The van der Waals surface area contributed by atoms with Crippen molar-refractivity contribution >= 4 is 16.9 Å². The molecule has 0 aliphatic carbocycles. The minimum Gasteiger partial charge on any atom is -0.460 e. The van der Waals surface area contributed by atoms with Crippen LogP contribution in [0.1, 0.15) is 11.5 Å². The molecule has 0 fully saturated rings. The van der Waals surface area contributed by atoms with Crippen LogP contribution in [0.15, 0.2) is 47.3 Å². The van der Waals surface area contributed by atoms with Crippen molar-refractivity contribution in [3.8, 4) is 22.6 Å². The van der Waals surface area contributed by atoms with Gasteiger partial charge in [0.2, 0.25) is 5.95 Å². The molecule has 3 heterocycles. The predicted octanol–water partition coefficient (Wildman–Crippen LogP) is 3.55. The maximum Gasteiger partial charge on any atom is 0.220 e. The van der Waals surface area contributed by atoms with Gasteiger partial charge in [-0.3, -0.25) is 0 Å². The van der Waals surface area contributed by atoms with Gasteiger partial charge in [-0.2, -0.15) is 0 Å². The van der Waals surface area contributed by atoms with E-state index in [1.165, 1.54) is 0 Å². The Balaban J connectivity index is 1.95. The van der Waals surface area contributed by atoms with E-state index in [1.54, 1.807) is 12.5 Å². The molecule has 0 aliphatic rings. The minimum absolute atomic E-state index is 0.211. The van der Waals surface area contributed by atoms with Crippen LogP contribution in [0.25, 0.3) is 33.5 Å². The molecule has 0 saturated heterocycles. The van der Waals surface area contributed by atoms with Crippen LogP contribution >= 0.6 is 0 Å². The molecule has 4 aromatic rings. The van der Waals surface area contributed by atoms with Crippen LogP contribution in [0.5, 0.6) is 0 Å². The molecule has 0 radical (unpaired) electrons. The fraction of sp³-hybridized carbons (Fsp3) is 0.111. The fourth-order valence-corrected chi connectivity index (χ4v) is 2.71. The molecule has 0 atom stereocenters. The van der Waals surface area contributed by atoms with E-state index in [2.05, 4.69) is 19.9 Å². The van der Waals surface area contributed by atoms with E-state index in [1.807, 2.05) is 44.2 Å². The number of nitrogens with zero attached hydrogens (tertiary/aromatic N) is 4. The summed E-state index contributed by atoms with van der Waals surface area (Å²) in [7, 11) is 0. The van der Waals surface area contributed by atoms with E-state index in [0.717, 1.165) is 33.5 Å². The van der Waals surface area contributed by atoms with Gasteiger partial charge in [-0.1, -0.05) is 6.07 Å². The average Bonchev–Trinajstić information content (AvgIpc) is 3.01. The van der Waals surface area contributed by atoms with Gasteiger partial charge in [0, 0.05) is 22.8 Å². The van der Waals surface area contributed by atoms with Gasteiger partial charge in [-0.15, -0.1) is 0 Å². The lowest BCUT2D eigenvalue weighted by Gasteiger charge is -2.09. The van der Waals surface area contributed by atoms with Crippen molar-refractivity contribution in [3.63, 3.8) is 0 Å². The van der Waals surface area contributed by atoms with Gasteiger partial charge in [0.1, 0.15) is 17.8 Å². The maximum atomic E-state index is 5.78. The summed E-state index contributed by atoms with van der Waals surface area (Å²) in [4.78, 5) is 17.1. The number of fused-ring (bicyclic) bond motifs is 1. The van der Waals surface area contributed by atoms with Gasteiger partial charge in [-0.25, -0.2) is 19.9 Å². The van der Waals surface area contributed by atoms with E-state index in [0.29, 0.717) is 11.5 Å². The number of furan rings is 1. The molecule has 0 spiro atoms. The molecule has 6 heteroatoms. The highest BCUT2D eigenvalue weighted by Gasteiger charge is 2.14. The summed E-state index contributed by atoms with van der Waals surface area (Å²) in [6.07, 6.45) is 3.29. The molecule has 2 N–H and O–H groups in total. The van der Waals surface area contributed by atoms with Gasteiger partial charge in [0.25, 0.3) is 0 Å². The summed E-state index contributed by atoms with van der Waals surface area (Å²) >= 11 is 0. The lowest BCUT2D eigenvalue weighted by atomic mass is 10.0. The molecular formula is C18H15N5O. The first-order chi connectivity index (χ1) is 11.6. The van der Waals surface area contributed by atoms with Gasteiger partial charge in [0.05, 0.1) is 5.52 Å². The predicted molar refractivity (Wildman–Crippen MR) is 92.2 cm³/mol. The number of nitrogens with two attached hydrogens (primary N) is 1. The quantitative estimate of drug-likeness (QED) is 0.608. The number of aromatic nitrogens is 4. The van der Waals surface area contributed by atoms with Gasteiger partial charge < -0.3 is 10.2 Å². The number of benzene rings is 1. The first-order valence-electron chi connectivity index (χ1n) is 7.53. The molecule has 1 aromatic carbocycles. The Morgan fingerprint density at radius 3 is 2.67 bits per heavy atom. The van der Waals surface area contributed by atoms with E-state index in [9.17, 15) is 0 Å². The molecule has 0 aliphatic heterocycles. The van der Waals surface area contributed by atoms with Crippen LogP contribution in [-0.2, 0) is 0 Å². The normalized spacial score (nSPS) is 11.1. The van der Waals surface area contributed by atoms with Crippen LogP contribution in [0.4, 0.5) is 5.95 Å². The Labute approximate surface area is 138 Å². The lowest BCUT2D eigenvalue weighted by Crippen LogP contribution is -1.98. The zero-order valence-electron chi connectivity index (χ0n) is 13.3. The molecule has 6 nitrogen and oxygen atoms in total. The van der Waals surface area contributed by atoms with Crippen molar-refractivity contribution in [2.75, 3.05) is 5.73 Å². The molecule has 0 saturated carbocycles. The summed E-state index contributed by atoms with van der Waals surface area (Å²) in [5.41, 5.74) is 10.1. The van der Waals surface area contributed by atoms with Crippen molar-refractivity contribution < 1.29 is 4.42 Å². The van der Waals surface area contributed by atoms with Crippen LogP contribution in [0.3, 0.4) is 0 Å². The molecular weight excluding hydrogens is 302 g/mol. The van der Waals surface area contributed by atoms with E-state index in [4.69, 9.17) is 10.2 Å². The third-order valence-electron chi connectivity index (χ3n) is 3.93. The SMILES string of the molecule is Cc1ccc(-c2nc(N)ncc2-c2ccc3ncnc(C)c3c2)o1. The number of hydrogen-bond acceptors (Lipinski definition) is 6. The van der Waals surface area contributed by atoms with Crippen LogP contribution < -0.4 is 5.73 Å². The number of nitrogen functional groups attached to an aromatic ring is 1. The molecule has 0 unspecified atom stereocenters. The smallest absolute Gasteiger partial charge is 0.220 e. The molecule has 3 aromatic heterocycles. The lowest BCUT2D eigenvalue weighted by molar-refractivity contribution is 0.546. The highest BCUT2D eigenvalue weighted by molar-refractivity contribution is 5.88. The highest BCUT2D eigenvalue weighted by Crippen LogP contribution is 2.33. The Hall–Kier alpha value is -3.28. The zero-order chi connectivity index (χ0) is 16.7. The summed E-state index contributed by atoms with van der Waals surface area (Å²) in [6.45, 7) is 3.86. The van der Waals surface area contributed by atoms with Crippen molar-refractivity contribution in [1.29, 1.82) is 0 Å². The van der Waals surface area contributed by atoms with Crippen molar-refractivity contribution in [2.24, 2.45) is 0 Å². The third-order valence-corrected chi connectivity index (χ3v) is 3.93. The second-order valence-corrected chi connectivity index (χ2v) is 5.59. The van der Waals surface area contributed by atoms with Crippen molar-refractivity contribution in [2.45, 2.75) is 13.8 Å². The number of rotatable bonds is 2. The highest BCUT2D eigenvalue weighted by atomic mass is 16.3. The molecule has 24 heavy (non-hydrogen) atoms. The monoisotopic (exact) mass is 317 g/mol. The summed E-state index contributed by atoms with van der Waals surface area (Å²) in [5, 5.41) is 0.994. The van der Waals surface area contributed by atoms with Crippen LogP contribution in [-0.4, -0.2) is 19.9 Å². The molecule has 4 rings (SSSR count). The second kappa shape index (κ2) is 5.42. The summed E-state index contributed by atoms with van der Waals surface area (Å²) < 4.78 is 5.73. The van der Waals surface area contributed by atoms with E-state index < -0.39 is 0 Å². The number of anilines is 1. The fourth-order valence-electron chi connectivity index (χ4n) is 2.71. The Kier molecular flexibility index (Phi) is 3.23. The van der Waals surface area contributed by atoms with Crippen molar-refractivity contribution in [3.05, 3.63) is 54.3 Å². The Bertz CT molecular complexity index is 1050. The van der Waals surface area contributed by atoms with Crippen LogP contribution in [0, 0.1) is 13.8 Å².